The van der Waals surface area contributed by atoms with E-state index in [1.54, 1.807) is 0 Å². The quantitative estimate of drug-likeness (QED) is 0.0448. The van der Waals surface area contributed by atoms with Crippen molar-refractivity contribution in [2.24, 2.45) is 11.8 Å². The van der Waals surface area contributed by atoms with Gasteiger partial charge < -0.3 is 19.3 Å². The fraction of sp³-hybridized carbons (Fsp3) is 0.966. The average Bonchev–Trinajstić information content (AvgIpc) is 3.30. The lowest BCUT2D eigenvalue weighted by molar-refractivity contribution is -0.145. The van der Waals surface area contributed by atoms with Crippen LogP contribution in [0.4, 0.5) is 0 Å². The van der Waals surface area contributed by atoms with Crippen LogP contribution < -0.4 is 0 Å². The molecule has 6 nitrogen and oxygen atoms in total. The highest BCUT2D eigenvalue weighted by molar-refractivity contribution is 5.70. The Morgan fingerprint density at radius 3 is 0.828 bits per heavy atom. The number of nitrogens with zero attached hydrogens (tertiary/aromatic N) is 2. The third kappa shape index (κ3) is 47.4. The van der Waals surface area contributed by atoms with Crippen LogP contribution >= 0.6 is 0 Å². The lowest BCUT2D eigenvalue weighted by Crippen LogP contribution is -2.32. The van der Waals surface area contributed by atoms with E-state index in [0.717, 1.165) is 39.0 Å². The molecule has 0 bridgehead atoms. The summed E-state index contributed by atoms with van der Waals surface area (Å²) in [5, 5.41) is 0. The minimum absolute atomic E-state index is 0.0722. The minimum Gasteiger partial charge on any atom is -0.465 e. The topological polar surface area (TPSA) is 59.1 Å². The van der Waals surface area contributed by atoms with Crippen molar-refractivity contribution >= 4 is 11.9 Å². The third-order valence-corrected chi connectivity index (χ3v) is 13.4. The van der Waals surface area contributed by atoms with Gasteiger partial charge in [0.05, 0.1) is 26.1 Å². The molecule has 0 heterocycles. The molecule has 0 aliphatic heterocycles. The number of unbranched alkanes of at least 4 members (excludes halogenated alkanes) is 25. The van der Waals surface area contributed by atoms with Gasteiger partial charge in [0.2, 0.25) is 0 Å². The lowest BCUT2D eigenvalue weighted by Gasteiger charge is -2.24. The molecule has 0 fully saturated rings. The molecule has 0 N–H and O–H groups in total. The highest BCUT2D eigenvalue weighted by atomic mass is 16.5. The van der Waals surface area contributed by atoms with Gasteiger partial charge in [-0.1, -0.05) is 235 Å². The summed E-state index contributed by atoms with van der Waals surface area (Å²) < 4.78 is 12.1. The molecule has 0 amide bonds. The smallest absolute Gasteiger partial charge is 0.307 e. The van der Waals surface area contributed by atoms with Gasteiger partial charge in [0, 0.05) is 13.1 Å². The Bertz CT molecular complexity index is 849. The number of ether oxygens (including phenoxy) is 2. The molecule has 0 aromatic rings. The highest BCUT2D eigenvalue weighted by Crippen LogP contribution is 2.22. The Balaban J connectivity index is 0. The number of hydrogen-bond donors (Lipinski definition) is 0. The monoisotopic (exact) mass is 907 g/mol. The summed E-state index contributed by atoms with van der Waals surface area (Å²) in [5.74, 6) is 0.811. The van der Waals surface area contributed by atoms with E-state index >= 15 is 0 Å². The van der Waals surface area contributed by atoms with Crippen molar-refractivity contribution in [3.05, 3.63) is 0 Å². The summed E-state index contributed by atoms with van der Waals surface area (Å²) in [6.45, 7) is 24.5. The first kappa shape index (κ1) is 64.9. The fourth-order valence-corrected chi connectivity index (χ4v) is 9.22. The van der Waals surface area contributed by atoms with E-state index in [2.05, 4.69) is 51.3 Å². The molecule has 2 unspecified atom stereocenters. The number of carbonyl (C=O) groups excluding carboxylic acids is 2. The number of esters is 2. The molecule has 0 aromatic heterocycles. The van der Waals surface area contributed by atoms with Gasteiger partial charge in [0.1, 0.15) is 0 Å². The Morgan fingerprint density at radius 1 is 0.312 bits per heavy atom. The first-order valence-electron chi connectivity index (χ1n) is 29.2. The van der Waals surface area contributed by atoms with Gasteiger partial charge in [-0.05, 0) is 89.4 Å². The van der Waals surface area contributed by atoms with E-state index in [1.165, 1.54) is 218 Å². The maximum atomic E-state index is 13.3. The van der Waals surface area contributed by atoms with Gasteiger partial charge in [-0.2, -0.15) is 0 Å². The molecule has 0 aliphatic carbocycles. The van der Waals surface area contributed by atoms with Crippen LogP contribution in [0.25, 0.3) is 0 Å². The van der Waals surface area contributed by atoms with Crippen LogP contribution in [0.5, 0.6) is 0 Å². The van der Waals surface area contributed by atoms with Crippen molar-refractivity contribution in [3.63, 3.8) is 0 Å². The molecule has 384 valence electrons. The molecule has 0 rings (SSSR count). The van der Waals surface area contributed by atoms with Gasteiger partial charge in [0.15, 0.2) is 0 Å². The molecule has 2 atom stereocenters. The van der Waals surface area contributed by atoms with Crippen molar-refractivity contribution in [1.29, 1.82) is 0 Å². The molecule has 64 heavy (non-hydrogen) atoms. The van der Waals surface area contributed by atoms with Crippen LogP contribution in [0.15, 0.2) is 0 Å². The summed E-state index contributed by atoms with van der Waals surface area (Å²) >= 11 is 0. The first-order chi connectivity index (χ1) is 31.4. The maximum absolute atomic E-state index is 13.3. The summed E-state index contributed by atoms with van der Waals surface area (Å²) in [6.07, 6.45) is 47.2. The lowest BCUT2D eigenvalue weighted by atomic mass is 9.94. The van der Waals surface area contributed by atoms with E-state index in [-0.39, 0.29) is 11.9 Å². The molecule has 6 heteroatoms. The van der Waals surface area contributed by atoms with Crippen molar-refractivity contribution in [3.8, 4) is 0 Å². The molecule has 0 saturated carbocycles. The van der Waals surface area contributed by atoms with E-state index in [4.69, 9.17) is 9.47 Å². The SMILES string of the molecule is CC.CCCCCCCCCCC(CCCCCCCC)COC(=O)CCN(CCCCN(CCC)CCC)CCC(=O)OCC(CCCCCCCC)CCCCCCCCCC. The van der Waals surface area contributed by atoms with Gasteiger partial charge in [-0.25, -0.2) is 0 Å². The summed E-state index contributed by atoms with van der Waals surface area (Å²) in [7, 11) is 0. The third-order valence-electron chi connectivity index (χ3n) is 13.4. The van der Waals surface area contributed by atoms with Gasteiger partial charge in [-0.3, -0.25) is 9.59 Å². The van der Waals surface area contributed by atoms with E-state index in [1.807, 2.05) is 13.8 Å². The van der Waals surface area contributed by atoms with Gasteiger partial charge >= 0.3 is 11.9 Å². The van der Waals surface area contributed by atoms with Gasteiger partial charge in [-0.15, -0.1) is 0 Å². The summed E-state index contributed by atoms with van der Waals surface area (Å²) in [4.78, 5) is 31.5. The Hall–Kier alpha value is -1.14. The van der Waals surface area contributed by atoms with E-state index < -0.39 is 0 Å². The second-order valence-electron chi connectivity index (χ2n) is 19.6. The van der Waals surface area contributed by atoms with Crippen molar-refractivity contribution < 1.29 is 19.1 Å². The predicted molar refractivity (Wildman–Crippen MR) is 283 cm³/mol. The molecular weight excluding hydrogens is 789 g/mol. The molecule has 0 radical (unpaired) electrons. The Morgan fingerprint density at radius 2 is 0.562 bits per heavy atom. The number of rotatable bonds is 51. The zero-order chi connectivity index (χ0) is 47.4. The zero-order valence-electron chi connectivity index (χ0n) is 45.2. The normalized spacial score (nSPS) is 12.4. The van der Waals surface area contributed by atoms with Crippen molar-refractivity contribution in [1.82, 2.24) is 9.80 Å². The predicted octanol–water partition coefficient (Wildman–Crippen LogP) is 17.9. The molecular formula is C58H118N2O4. The molecule has 0 aliphatic rings. The van der Waals surface area contributed by atoms with Crippen molar-refractivity contribution in [2.75, 3.05) is 52.5 Å². The average molecular weight is 908 g/mol. The van der Waals surface area contributed by atoms with Gasteiger partial charge in [0.25, 0.3) is 0 Å². The van der Waals surface area contributed by atoms with E-state index in [0.29, 0.717) is 51.0 Å². The fourth-order valence-electron chi connectivity index (χ4n) is 9.22. The van der Waals surface area contributed by atoms with E-state index in [9.17, 15) is 9.59 Å². The number of hydrogen-bond acceptors (Lipinski definition) is 6. The zero-order valence-corrected chi connectivity index (χ0v) is 45.2. The van der Waals surface area contributed by atoms with Crippen LogP contribution in [0.2, 0.25) is 0 Å². The molecule has 0 saturated heterocycles. The summed E-state index contributed by atoms with van der Waals surface area (Å²) in [5.41, 5.74) is 0. The van der Waals surface area contributed by atoms with Crippen molar-refractivity contribution in [2.45, 2.75) is 299 Å². The first-order valence-corrected chi connectivity index (χ1v) is 29.2. The van der Waals surface area contributed by atoms with Crippen LogP contribution in [0.1, 0.15) is 299 Å². The number of carbonyl (C=O) groups is 2. The Kier molecular flexibility index (Phi) is 55.3. The van der Waals surface area contributed by atoms with Crippen LogP contribution in [-0.2, 0) is 19.1 Å². The standard InChI is InChI=1S/C56H112N2O4.C2H6/c1-7-13-17-21-25-27-31-35-41-53(39-33-29-23-19-15-9-3)51-61-55(59)43-49-58(48-38-37-47-57(45-11-5)46-12-6)50-44-56(60)62-52-54(40-34-30-24-20-16-10-4)42-36-32-28-26-22-18-14-8-2;1-2/h53-54H,7-52H2,1-6H3;1-2H3. The second-order valence-corrected chi connectivity index (χ2v) is 19.6. The summed E-state index contributed by atoms with van der Waals surface area (Å²) in [6, 6.07) is 0. The second kappa shape index (κ2) is 54.5. The largest absolute Gasteiger partial charge is 0.465 e. The highest BCUT2D eigenvalue weighted by Gasteiger charge is 2.17. The van der Waals surface area contributed by atoms with Crippen LogP contribution in [0, 0.1) is 11.8 Å². The van der Waals surface area contributed by atoms with Crippen LogP contribution in [-0.4, -0.2) is 74.2 Å². The maximum Gasteiger partial charge on any atom is 0.307 e. The molecule has 0 spiro atoms. The Labute approximate surface area is 403 Å². The minimum atomic E-state index is -0.0722. The van der Waals surface area contributed by atoms with Crippen LogP contribution in [0.3, 0.4) is 0 Å². The molecule has 0 aromatic carbocycles.